The third-order valence-electron chi connectivity index (χ3n) is 3.50. The average Bonchev–Trinajstić information content (AvgIpc) is 3.17. The minimum absolute atomic E-state index is 0.0644. The van der Waals surface area contributed by atoms with Gasteiger partial charge in [-0.3, -0.25) is 4.98 Å². The smallest absolute Gasteiger partial charge is 0.147 e. The van der Waals surface area contributed by atoms with Gasteiger partial charge in [-0.15, -0.1) is 0 Å². The normalized spacial score (nSPS) is 16.4. The number of pyridine rings is 1. The first-order valence-electron chi connectivity index (χ1n) is 7.01. The summed E-state index contributed by atoms with van der Waals surface area (Å²) in [5.74, 6) is 0.556. The lowest BCUT2D eigenvalue weighted by molar-refractivity contribution is 0.0157. The van der Waals surface area contributed by atoms with Crippen LogP contribution in [0.4, 0.5) is 0 Å². The Morgan fingerprint density at radius 3 is 2.95 bits per heavy atom. The number of hydrogen-bond donors (Lipinski definition) is 0. The molecule has 3 rings (SSSR count). The molecule has 0 saturated heterocycles. The summed E-state index contributed by atoms with van der Waals surface area (Å²) < 4.78 is 7.49. The van der Waals surface area contributed by atoms with Crippen molar-refractivity contribution in [1.29, 1.82) is 0 Å². The molecule has 4 nitrogen and oxygen atoms in total. The average molecular weight is 292 g/mol. The minimum atomic E-state index is -0.0644. The Morgan fingerprint density at radius 2 is 2.30 bits per heavy atom. The molecule has 2 heterocycles. The van der Waals surface area contributed by atoms with E-state index >= 15 is 0 Å². The van der Waals surface area contributed by atoms with Crippen molar-refractivity contribution < 1.29 is 4.74 Å². The van der Waals surface area contributed by atoms with Gasteiger partial charge in [-0.25, -0.2) is 4.68 Å². The van der Waals surface area contributed by atoms with Crippen molar-refractivity contribution in [1.82, 2.24) is 14.8 Å². The molecule has 0 amide bonds. The fraction of sp³-hybridized carbons (Fsp3) is 0.467. The van der Waals surface area contributed by atoms with Gasteiger partial charge in [-0.1, -0.05) is 11.6 Å². The number of ether oxygens (including phenoxy) is 1. The highest BCUT2D eigenvalue weighted by Crippen LogP contribution is 2.43. The van der Waals surface area contributed by atoms with E-state index in [0.717, 1.165) is 17.0 Å². The lowest BCUT2D eigenvalue weighted by Gasteiger charge is -2.11. The van der Waals surface area contributed by atoms with Gasteiger partial charge in [-0.05, 0) is 38.8 Å². The van der Waals surface area contributed by atoms with Gasteiger partial charge in [0.15, 0.2) is 0 Å². The van der Waals surface area contributed by atoms with Gasteiger partial charge in [0.05, 0.1) is 11.4 Å². The van der Waals surface area contributed by atoms with Gasteiger partial charge in [0.1, 0.15) is 6.23 Å². The highest BCUT2D eigenvalue weighted by Gasteiger charge is 2.30. The fourth-order valence-electron chi connectivity index (χ4n) is 2.32. The summed E-state index contributed by atoms with van der Waals surface area (Å²) in [5.41, 5.74) is 3.07. The van der Waals surface area contributed by atoms with Crippen molar-refractivity contribution in [3.63, 3.8) is 0 Å². The maximum atomic E-state index is 6.07. The Hall–Kier alpha value is -1.39. The van der Waals surface area contributed by atoms with Crippen LogP contribution in [0.5, 0.6) is 0 Å². The summed E-state index contributed by atoms with van der Waals surface area (Å²) in [6.45, 7) is 4.66. The SMILES string of the molecule is CCOC(C)n1cc(-c2cc(Cl)ccn2)c(C2CC2)n1. The first-order chi connectivity index (χ1) is 9.69. The Labute approximate surface area is 123 Å². The molecule has 2 aromatic heterocycles. The summed E-state index contributed by atoms with van der Waals surface area (Å²) in [6.07, 6.45) is 6.09. The predicted molar refractivity (Wildman–Crippen MR) is 78.8 cm³/mol. The van der Waals surface area contributed by atoms with Gasteiger partial charge >= 0.3 is 0 Å². The highest BCUT2D eigenvalue weighted by molar-refractivity contribution is 6.30. The van der Waals surface area contributed by atoms with Crippen molar-refractivity contribution in [3.8, 4) is 11.3 Å². The van der Waals surface area contributed by atoms with Gasteiger partial charge < -0.3 is 4.74 Å². The van der Waals surface area contributed by atoms with Gasteiger partial charge in [0.2, 0.25) is 0 Å². The zero-order chi connectivity index (χ0) is 14.1. The first-order valence-corrected chi connectivity index (χ1v) is 7.39. The van der Waals surface area contributed by atoms with Crippen LogP contribution in [-0.2, 0) is 4.74 Å². The lowest BCUT2D eigenvalue weighted by Crippen LogP contribution is -2.09. The van der Waals surface area contributed by atoms with E-state index in [2.05, 4.69) is 4.98 Å². The van der Waals surface area contributed by atoms with Crippen LogP contribution >= 0.6 is 11.6 Å². The Kier molecular flexibility index (Phi) is 3.76. The maximum absolute atomic E-state index is 6.07. The number of rotatable bonds is 5. The molecule has 1 unspecified atom stereocenters. The lowest BCUT2D eigenvalue weighted by atomic mass is 10.1. The molecule has 0 bridgehead atoms. The van der Waals surface area contributed by atoms with Crippen molar-refractivity contribution >= 4 is 11.6 Å². The van der Waals surface area contributed by atoms with Crippen LogP contribution < -0.4 is 0 Å². The first kappa shape index (κ1) is 13.6. The third kappa shape index (κ3) is 2.72. The molecular weight excluding hydrogens is 274 g/mol. The van der Waals surface area contributed by atoms with E-state index in [9.17, 15) is 0 Å². The van der Waals surface area contributed by atoms with Gasteiger partial charge in [0.25, 0.3) is 0 Å². The maximum Gasteiger partial charge on any atom is 0.147 e. The van der Waals surface area contributed by atoms with Crippen LogP contribution in [0.2, 0.25) is 5.02 Å². The van der Waals surface area contributed by atoms with E-state index in [1.54, 1.807) is 12.3 Å². The van der Waals surface area contributed by atoms with Crippen molar-refractivity contribution in [2.45, 2.75) is 38.8 Å². The number of hydrogen-bond acceptors (Lipinski definition) is 3. The van der Waals surface area contributed by atoms with E-state index in [4.69, 9.17) is 21.4 Å². The molecule has 5 heteroatoms. The molecule has 0 N–H and O–H groups in total. The molecule has 1 aliphatic carbocycles. The molecule has 0 aromatic carbocycles. The molecule has 0 aliphatic heterocycles. The standard InChI is InChI=1S/C15H18ClN3O/c1-3-20-10(2)19-9-13(15(18-19)11-4-5-11)14-8-12(16)6-7-17-14/h6-11H,3-5H2,1-2H3. The Bertz CT molecular complexity index is 607. The number of halogens is 1. The quantitative estimate of drug-likeness (QED) is 0.835. The molecule has 20 heavy (non-hydrogen) atoms. The molecule has 0 spiro atoms. The minimum Gasteiger partial charge on any atom is -0.357 e. The molecule has 1 aliphatic rings. The van der Waals surface area contributed by atoms with Crippen LogP contribution in [0.25, 0.3) is 11.3 Å². The van der Waals surface area contributed by atoms with Crippen molar-refractivity contribution in [2.75, 3.05) is 6.61 Å². The number of aromatic nitrogens is 3. The molecule has 106 valence electrons. The van der Waals surface area contributed by atoms with E-state index in [0.29, 0.717) is 17.5 Å². The Morgan fingerprint density at radius 1 is 1.50 bits per heavy atom. The van der Waals surface area contributed by atoms with Crippen LogP contribution in [0.1, 0.15) is 44.5 Å². The molecule has 2 aromatic rings. The largest absolute Gasteiger partial charge is 0.357 e. The van der Waals surface area contributed by atoms with Crippen LogP contribution in [0.3, 0.4) is 0 Å². The Balaban J connectivity index is 2.00. The summed E-state index contributed by atoms with van der Waals surface area (Å²) in [6, 6.07) is 3.68. The zero-order valence-electron chi connectivity index (χ0n) is 11.7. The van der Waals surface area contributed by atoms with Crippen molar-refractivity contribution in [2.24, 2.45) is 0 Å². The van der Waals surface area contributed by atoms with E-state index in [-0.39, 0.29) is 6.23 Å². The zero-order valence-corrected chi connectivity index (χ0v) is 12.5. The van der Waals surface area contributed by atoms with Crippen LogP contribution in [-0.4, -0.2) is 21.4 Å². The fourth-order valence-corrected chi connectivity index (χ4v) is 2.48. The molecular formula is C15H18ClN3O. The summed E-state index contributed by atoms with van der Waals surface area (Å²) in [4.78, 5) is 4.42. The van der Waals surface area contributed by atoms with Crippen LogP contribution in [0, 0.1) is 0 Å². The van der Waals surface area contributed by atoms with E-state index in [1.807, 2.05) is 30.8 Å². The highest BCUT2D eigenvalue weighted by atomic mass is 35.5. The second kappa shape index (κ2) is 5.54. The second-order valence-corrected chi connectivity index (χ2v) is 5.53. The monoisotopic (exact) mass is 291 g/mol. The molecule has 1 fully saturated rings. The predicted octanol–water partition coefficient (Wildman–Crippen LogP) is 4.03. The van der Waals surface area contributed by atoms with E-state index < -0.39 is 0 Å². The molecule has 1 atom stereocenters. The van der Waals surface area contributed by atoms with Gasteiger partial charge in [0, 0.05) is 35.5 Å². The summed E-state index contributed by atoms with van der Waals surface area (Å²) >= 11 is 6.07. The number of nitrogens with zero attached hydrogens (tertiary/aromatic N) is 3. The molecule has 0 radical (unpaired) electrons. The summed E-state index contributed by atoms with van der Waals surface area (Å²) in [7, 11) is 0. The third-order valence-corrected chi connectivity index (χ3v) is 3.74. The molecule has 1 saturated carbocycles. The summed E-state index contributed by atoms with van der Waals surface area (Å²) in [5, 5.41) is 5.40. The van der Waals surface area contributed by atoms with Gasteiger partial charge in [-0.2, -0.15) is 5.10 Å². The topological polar surface area (TPSA) is 39.9 Å². The van der Waals surface area contributed by atoms with E-state index in [1.165, 1.54) is 12.8 Å². The second-order valence-electron chi connectivity index (χ2n) is 5.10. The van der Waals surface area contributed by atoms with Crippen LogP contribution in [0.15, 0.2) is 24.5 Å². The van der Waals surface area contributed by atoms with Crippen molar-refractivity contribution in [3.05, 3.63) is 35.2 Å².